The molecule has 1 aromatic carbocycles. The van der Waals surface area contributed by atoms with E-state index in [2.05, 4.69) is 31.7 Å². The van der Waals surface area contributed by atoms with Crippen molar-refractivity contribution in [2.75, 3.05) is 10.6 Å². The number of rotatable bonds is 4. The fraction of sp³-hybridized carbons (Fsp3) is 0. The predicted molar refractivity (Wildman–Crippen MR) is 106 cm³/mol. The number of nitrogens with one attached hydrogen (secondary N) is 2. The Morgan fingerprint density at radius 1 is 1.11 bits per heavy atom. The lowest BCUT2D eigenvalue weighted by Gasteiger charge is -2.09. The summed E-state index contributed by atoms with van der Waals surface area (Å²) in [6.07, 6.45) is 2.89. The number of fused-ring (bicyclic) bond motifs is 1. The first-order valence-electron chi connectivity index (χ1n) is 7.87. The highest BCUT2D eigenvalue weighted by Crippen LogP contribution is 2.36. The van der Waals surface area contributed by atoms with E-state index < -0.39 is 5.82 Å². The van der Waals surface area contributed by atoms with E-state index in [4.69, 9.17) is 11.6 Å². The number of aromatic hydroxyl groups is 1. The van der Waals surface area contributed by atoms with Gasteiger partial charge in [-0.3, -0.25) is 0 Å². The number of anilines is 4. The van der Waals surface area contributed by atoms with Gasteiger partial charge in [0.1, 0.15) is 16.6 Å². The topological polar surface area (TPSA) is 107 Å². The van der Waals surface area contributed by atoms with Crippen molar-refractivity contribution in [1.29, 1.82) is 5.26 Å². The molecule has 0 bridgehead atoms. The molecule has 0 aliphatic rings. The van der Waals surface area contributed by atoms with Gasteiger partial charge in [0.2, 0.25) is 5.88 Å². The third-order valence-corrected chi connectivity index (χ3v) is 5.00. The maximum absolute atomic E-state index is 13.4. The van der Waals surface area contributed by atoms with E-state index in [0.717, 1.165) is 0 Å². The van der Waals surface area contributed by atoms with Gasteiger partial charge in [-0.05, 0) is 24.3 Å². The van der Waals surface area contributed by atoms with Gasteiger partial charge in [0.05, 0.1) is 28.2 Å². The van der Waals surface area contributed by atoms with Crippen molar-refractivity contribution in [2.24, 2.45) is 0 Å². The van der Waals surface area contributed by atoms with Crippen LogP contribution in [0.5, 0.6) is 5.88 Å². The third kappa shape index (κ3) is 3.51. The van der Waals surface area contributed by atoms with Gasteiger partial charge in [0.25, 0.3) is 0 Å². The van der Waals surface area contributed by atoms with Gasteiger partial charge in [-0.1, -0.05) is 22.9 Å². The number of hydrogen-bond donors (Lipinski definition) is 3. The summed E-state index contributed by atoms with van der Waals surface area (Å²) in [5.74, 6) is -0.612. The summed E-state index contributed by atoms with van der Waals surface area (Å²) in [5.41, 5.74) is 2.42. The van der Waals surface area contributed by atoms with Crippen LogP contribution in [0.15, 0.2) is 42.7 Å². The highest BCUT2D eigenvalue weighted by molar-refractivity contribution is 7.22. The Labute approximate surface area is 167 Å². The molecule has 4 rings (SSSR count). The minimum absolute atomic E-state index is 0.0275. The minimum atomic E-state index is -0.528. The molecule has 0 amide bonds. The zero-order valence-corrected chi connectivity index (χ0v) is 15.5. The van der Waals surface area contributed by atoms with Crippen LogP contribution in [0.4, 0.5) is 26.6 Å². The molecule has 0 atom stereocenters. The Hall–Kier alpha value is -3.48. The maximum atomic E-state index is 13.4. The van der Waals surface area contributed by atoms with Crippen LogP contribution in [-0.4, -0.2) is 20.1 Å². The first-order chi connectivity index (χ1) is 13.5. The average Bonchev–Trinajstić information content (AvgIpc) is 3.10. The molecule has 0 radical (unpaired) electrons. The molecule has 138 valence electrons. The van der Waals surface area contributed by atoms with Crippen LogP contribution in [0.3, 0.4) is 0 Å². The molecule has 0 fully saturated rings. The quantitative estimate of drug-likeness (QED) is 0.435. The number of halogens is 2. The number of thiazole rings is 1. The Balaban J connectivity index is 1.73. The Kier molecular flexibility index (Phi) is 4.65. The van der Waals surface area contributed by atoms with E-state index in [-0.39, 0.29) is 10.9 Å². The minimum Gasteiger partial charge on any atom is -0.493 e. The molecule has 0 aliphatic carbocycles. The van der Waals surface area contributed by atoms with E-state index in [1.54, 1.807) is 6.07 Å². The van der Waals surface area contributed by atoms with Crippen LogP contribution in [0.25, 0.3) is 10.3 Å². The molecular formula is C18H10ClFN6OS. The number of pyridine rings is 2. The number of aromatic nitrogens is 3. The fourth-order valence-electron chi connectivity index (χ4n) is 2.44. The SMILES string of the molecule is N#Cc1cnc2nc(Nc3ccc(O)nc3)sc2c1Nc1ccc(F)c(Cl)c1. The fourth-order valence-corrected chi connectivity index (χ4v) is 3.57. The second-order valence-electron chi connectivity index (χ2n) is 5.61. The lowest BCUT2D eigenvalue weighted by atomic mass is 10.2. The van der Waals surface area contributed by atoms with Crippen LogP contribution in [0, 0.1) is 17.1 Å². The zero-order chi connectivity index (χ0) is 19.7. The third-order valence-electron chi connectivity index (χ3n) is 3.73. The van der Waals surface area contributed by atoms with Gasteiger partial charge in [0, 0.05) is 18.0 Å². The standard InChI is InChI=1S/C18H10ClFN6OS/c19-12-5-10(1-3-13(12)20)24-15-9(6-21)7-23-17-16(15)28-18(26-17)25-11-2-4-14(27)22-8-11/h1-5,7-8H,(H,22,27)(H2,23,24,25,26). The van der Waals surface area contributed by atoms with Crippen molar-refractivity contribution in [1.82, 2.24) is 15.0 Å². The molecule has 4 aromatic rings. The van der Waals surface area contributed by atoms with Gasteiger partial charge in [-0.15, -0.1) is 0 Å². The van der Waals surface area contributed by atoms with Crippen molar-refractivity contribution in [3.05, 3.63) is 59.1 Å². The van der Waals surface area contributed by atoms with E-state index in [1.165, 1.54) is 48.0 Å². The first kappa shape index (κ1) is 17.9. The molecule has 0 aliphatic heterocycles. The molecule has 3 N–H and O–H groups in total. The molecule has 0 spiro atoms. The van der Waals surface area contributed by atoms with Crippen LogP contribution >= 0.6 is 22.9 Å². The lowest BCUT2D eigenvalue weighted by molar-refractivity contribution is 0.453. The molecular weight excluding hydrogens is 403 g/mol. The summed E-state index contributed by atoms with van der Waals surface area (Å²) < 4.78 is 14.1. The largest absolute Gasteiger partial charge is 0.493 e. The smallest absolute Gasteiger partial charge is 0.210 e. The molecule has 0 saturated heterocycles. The second-order valence-corrected chi connectivity index (χ2v) is 7.02. The average molecular weight is 413 g/mol. The van der Waals surface area contributed by atoms with Gasteiger partial charge in [-0.25, -0.2) is 14.4 Å². The van der Waals surface area contributed by atoms with Crippen LogP contribution in [0.2, 0.25) is 5.02 Å². The monoisotopic (exact) mass is 412 g/mol. The molecule has 0 unspecified atom stereocenters. The number of benzene rings is 1. The van der Waals surface area contributed by atoms with E-state index in [9.17, 15) is 14.8 Å². The van der Waals surface area contributed by atoms with Gasteiger partial charge in [0.15, 0.2) is 10.8 Å². The maximum Gasteiger partial charge on any atom is 0.210 e. The van der Waals surface area contributed by atoms with Crippen molar-refractivity contribution in [2.45, 2.75) is 0 Å². The number of nitriles is 1. The predicted octanol–water partition coefficient (Wildman–Crippen LogP) is 4.94. The van der Waals surface area contributed by atoms with E-state index >= 15 is 0 Å². The van der Waals surface area contributed by atoms with Crippen LogP contribution in [-0.2, 0) is 0 Å². The highest BCUT2D eigenvalue weighted by atomic mass is 35.5. The molecule has 3 aromatic heterocycles. The molecule has 10 heteroatoms. The Bertz CT molecular complexity index is 1220. The van der Waals surface area contributed by atoms with Gasteiger partial charge >= 0.3 is 0 Å². The van der Waals surface area contributed by atoms with Gasteiger partial charge < -0.3 is 15.7 Å². The van der Waals surface area contributed by atoms with Crippen molar-refractivity contribution < 1.29 is 9.50 Å². The van der Waals surface area contributed by atoms with Crippen LogP contribution in [0.1, 0.15) is 5.56 Å². The number of nitrogens with zero attached hydrogens (tertiary/aromatic N) is 4. The van der Waals surface area contributed by atoms with Crippen molar-refractivity contribution >= 4 is 55.5 Å². The van der Waals surface area contributed by atoms with Crippen molar-refractivity contribution in [3.63, 3.8) is 0 Å². The lowest BCUT2D eigenvalue weighted by Crippen LogP contribution is -1.96. The molecule has 28 heavy (non-hydrogen) atoms. The summed E-state index contributed by atoms with van der Waals surface area (Å²) in [7, 11) is 0. The normalized spacial score (nSPS) is 10.6. The van der Waals surface area contributed by atoms with Crippen LogP contribution < -0.4 is 10.6 Å². The summed E-state index contributed by atoms with van der Waals surface area (Å²) in [6, 6.07) is 9.40. The molecule has 3 heterocycles. The molecule has 7 nitrogen and oxygen atoms in total. The highest BCUT2D eigenvalue weighted by Gasteiger charge is 2.15. The Morgan fingerprint density at radius 2 is 1.93 bits per heavy atom. The summed E-state index contributed by atoms with van der Waals surface area (Å²) in [6.45, 7) is 0. The zero-order valence-electron chi connectivity index (χ0n) is 13.9. The van der Waals surface area contributed by atoms with Crippen molar-refractivity contribution in [3.8, 4) is 11.9 Å². The number of hydrogen-bond acceptors (Lipinski definition) is 8. The summed E-state index contributed by atoms with van der Waals surface area (Å²) in [4.78, 5) is 12.4. The molecule has 0 saturated carbocycles. The second kappa shape index (κ2) is 7.26. The van der Waals surface area contributed by atoms with E-state index in [0.29, 0.717) is 38.1 Å². The summed E-state index contributed by atoms with van der Waals surface area (Å²) >= 11 is 7.13. The summed E-state index contributed by atoms with van der Waals surface area (Å²) in [5, 5.41) is 25.4. The first-order valence-corrected chi connectivity index (χ1v) is 9.06. The van der Waals surface area contributed by atoms with E-state index in [1.807, 2.05) is 0 Å². The van der Waals surface area contributed by atoms with Gasteiger partial charge in [-0.2, -0.15) is 10.2 Å². The Morgan fingerprint density at radius 3 is 2.64 bits per heavy atom.